The van der Waals surface area contributed by atoms with Crippen molar-refractivity contribution >= 4 is 19.8 Å². The van der Waals surface area contributed by atoms with Crippen molar-refractivity contribution in [1.82, 2.24) is 0 Å². The number of hydrogen-bond donors (Lipinski definition) is 5. The van der Waals surface area contributed by atoms with E-state index in [4.69, 9.17) is 19.3 Å². The number of phosphoric ester groups is 1. The van der Waals surface area contributed by atoms with Gasteiger partial charge in [-0.1, -0.05) is 148 Å². The molecule has 1 aliphatic rings. The van der Waals surface area contributed by atoms with Gasteiger partial charge in [-0.15, -0.1) is 0 Å². The van der Waals surface area contributed by atoms with Crippen molar-refractivity contribution in [3.63, 3.8) is 0 Å². The Morgan fingerprint density at radius 2 is 1.35 bits per heavy atom. The van der Waals surface area contributed by atoms with Gasteiger partial charge in [0, 0.05) is 18.8 Å². The molecule has 5 N–H and O–H groups in total. The highest BCUT2D eigenvalue weighted by Crippen LogP contribution is 2.37. The summed E-state index contributed by atoms with van der Waals surface area (Å²) < 4.78 is 26.3. The van der Waals surface area contributed by atoms with Crippen LogP contribution in [0.3, 0.4) is 0 Å². The Morgan fingerprint density at radius 1 is 0.769 bits per heavy atom. The molecule has 1 aliphatic carbocycles. The highest BCUT2D eigenvalue weighted by molar-refractivity contribution is 7.46. The quantitative estimate of drug-likeness (QED) is 0.0193. The molecule has 0 aliphatic heterocycles. The van der Waals surface area contributed by atoms with Gasteiger partial charge >= 0.3 is 19.8 Å². The van der Waals surface area contributed by atoms with Crippen LogP contribution in [0.25, 0.3) is 0 Å². The van der Waals surface area contributed by atoms with Crippen molar-refractivity contribution in [3.8, 4) is 0 Å². The molecule has 0 saturated heterocycles. The molecule has 0 radical (unpaired) electrons. The first kappa shape index (κ1) is 48.4. The zero-order valence-corrected chi connectivity index (χ0v) is 33.3. The number of rotatable bonds is 32. The Labute approximate surface area is 314 Å². The fraction of sp³-hybridized carbons (Fsp3) is 0.850. The molecule has 12 heteroatoms. The predicted octanol–water partition coefficient (Wildman–Crippen LogP) is 8.25. The lowest BCUT2D eigenvalue weighted by atomic mass is 9.89. The summed E-state index contributed by atoms with van der Waals surface area (Å²) in [7, 11) is -4.83. The molecule has 304 valence electrons. The van der Waals surface area contributed by atoms with Crippen LogP contribution >= 0.6 is 7.82 Å². The zero-order chi connectivity index (χ0) is 38.6. The van der Waals surface area contributed by atoms with E-state index in [0.717, 1.165) is 44.4 Å². The third kappa shape index (κ3) is 26.2. The van der Waals surface area contributed by atoms with E-state index in [1.807, 2.05) is 0 Å². The lowest BCUT2D eigenvalue weighted by Crippen LogP contribution is -2.29. The Morgan fingerprint density at radius 3 is 1.92 bits per heavy atom. The molecule has 6 atom stereocenters. The SMILES string of the molecule is CCCCC[C@@H](O)/C=C/[C@@H]1[C@H](C/C=C\CC(=O)OC[C@H](COP(=O)(O)O)OC(=O)CCCCCCCCCCCCCCCC(C)C)[C@@H](O)C[C@H]1O. The molecule has 0 spiro atoms. The number of aliphatic hydroxyl groups excluding tert-OH is 3. The molecule has 11 nitrogen and oxygen atoms in total. The maximum Gasteiger partial charge on any atom is 0.469 e. The Balaban J connectivity index is 2.33. The summed E-state index contributed by atoms with van der Waals surface area (Å²) in [4.78, 5) is 43.1. The molecule has 0 aromatic carbocycles. The van der Waals surface area contributed by atoms with Gasteiger partial charge in [0.1, 0.15) is 6.61 Å². The van der Waals surface area contributed by atoms with Crippen molar-refractivity contribution < 1.29 is 53.3 Å². The maximum absolute atomic E-state index is 12.4. The van der Waals surface area contributed by atoms with E-state index in [1.54, 1.807) is 24.3 Å². The number of carbonyl (C=O) groups is 2. The van der Waals surface area contributed by atoms with E-state index < -0.39 is 57.4 Å². The van der Waals surface area contributed by atoms with Gasteiger partial charge in [-0.05, 0) is 31.1 Å². The molecular formula is C40H73O11P. The van der Waals surface area contributed by atoms with Gasteiger partial charge in [-0.2, -0.15) is 0 Å². The van der Waals surface area contributed by atoms with Crippen LogP contribution in [0.4, 0.5) is 0 Å². The first-order valence-electron chi connectivity index (χ1n) is 20.2. The van der Waals surface area contributed by atoms with E-state index >= 15 is 0 Å². The molecular weight excluding hydrogens is 687 g/mol. The monoisotopic (exact) mass is 760 g/mol. The summed E-state index contributed by atoms with van der Waals surface area (Å²) in [5, 5.41) is 31.1. The van der Waals surface area contributed by atoms with Gasteiger partial charge < -0.3 is 34.6 Å². The third-order valence-electron chi connectivity index (χ3n) is 9.75. The zero-order valence-electron chi connectivity index (χ0n) is 32.5. The van der Waals surface area contributed by atoms with Crippen molar-refractivity contribution in [2.45, 2.75) is 186 Å². The third-order valence-corrected chi connectivity index (χ3v) is 10.2. The molecule has 0 unspecified atom stereocenters. The second kappa shape index (κ2) is 29.7. The Kier molecular flexibility index (Phi) is 27.7. The van der Waals surface area contributed by atoms with Crippen LogP contribution in [0.5, 0.6) is 0 Å². The maximum atomic E-state index is 12.4. The first-order chi connectivity index (χ1) is 24.8. The number of unbranched alkanes of at least 4 members (excludes halogenated alkanes) is 14. The molecule has 0 amide bonds. The summed E-state index contributed by atoms with van der Waals surface area (Å²) in [5.74, 6) is -0.973. The molecule has 1 fully saturated rings. The predicted molar refractivity (Wildman–Crippen MR) is 204 cm³/mol. The van der Waals surface area contributed by atoms with Crippen LogP contribution in [-0.4, -0.2) is 74.7 Å². The summed E-state index contributed by atoms with van der Waals surface area (Å²) >= 11 is 0. The lowest BCUT2D eigenvalue weighted by Gasteiger charge is -2.19. The summed E-state index contributed by atoms with van der Waals surface area (Å²) in [6.07, 6.45) is 24.6. The molecule has 1 rings (SSSR count). The second-order valence-electron chi connectivity index (χ2n) is 15.1. The van der Waals surface area contributed by atoms with Gasteiger partial charge in [-0.3, -0.25) is 14.1 Å². The van der Waals surface area contributed by atoms with E-state index in [0.29, 0.717) is 19.3 Å². The van der Waals surface area contributed by atoms with Crippen molar-refractivity contribution in [3.05, 3.63) is 24.3 Å². The standard InChI is InChI=1S/C40H73O11P/c1-4-5-17-23-33(41)27-28-36-35(37(42)29-38(36)43)24-20-21-25-39(44)49-30-34(31-50-52(46,47)48)51-40(45)26-19-16-14-12-10-8-6-7-9-11-13-15-18-22-32(2)3/h20-21,27-28,32-38,41-43H,4-19,22-26,29-31H2,1-3H3,(H2,46,47,48)/b21-20-,28-27+/t33-,34-,35+,36-,37+,38-/m1/s1. The summed E-state index contributed by atoms with van der Waals surface area (Å²) in [6, 6.07) is 0. The number of allylic oxidation sites excluding steroid dienone is 1. The highest BCUT2D eigenvalue weighted by Gasteiger charge is 2.39. The minimum atomic E-state index is -4.83. The van der Waals surface area contributed by atoms with E-state index in [-0.39, 0.29) is 31.1 Å². The van der Waals surface area contributed by atoms with Crippen LogP contribution in [0, 0.1) is 17.8 Å². The summed E-state index contributed by atoms with van der Waals surface area (Å²) in [6.45, 7) is 5.62. The van der Waals surface area contributed by atoms with Crippen molar-refractivity contribution in [2.24, 2.45) is 17.8 Å². The normalized spacial score (nSPS) is 20.6. The minimum Gasteiger partial charge on any atom is -0.461 e. The minimum absolute atomic E-state index is 0.111. The van der Waals surface area contributed by atoms with Gasteiger partial charge in [0.15, 0.2) is 6.10 Å². The molecule has 1 saturated carbocycles. The Hall–Kier alpha value is -1.59. The largest absolute Gasteiger partial charge is 0.469 e. The Bertz CT molecular complexity index is 1030. The average Bonchev–Trinajstić information content (AvgIpc) is 3.35. The van der Waals surface area contributed by atoms with Gasteiger partial charge in [-0.25, -0.2) is 4.57 Å². The van der Waals surface area contributed by atoms with E-state index in [9.17, 15) is 29.5 Å². The van der Waals surface area contributed by atoms with Gasteiger partial charge in [0.2, 0.25) is 0 Å². The van der Waals surface area contributed by atoms with Crippen LogP contribution in [0.15, 0.2) is 24.3 Å². The fourth-order valence-corrected chi connectivity index (χ4v) is 7.01. The van der Waals surface area contributed by atoms with Crippen LogP contribution in [0.2, 0.25) is 0 Å². The van der Waals surface area contributed by atoms with E-state index in [1.165, 1.54) is 64.2 Å². The van der Waals surface area contributed by atoms with Crippen LogP contribution < -0.4 is 0 Å². The average molecular weight is 761 g/mol. The van der Waals surface area contributed by atoms with Gasteiger partial charge in [0.25, 0.3) is 0 Å². The molecule has 0 bridgehead atoms. The molecule has 0 aromatic heterocycles. The number of aliphatic hydroxyl groups is 3. The number of hydrogen-bond acceptors (Lipinski definition) is 9. The molecule has 0 heterocycles. The lowest BCUT2D eigenvalue weighted by molar-refractivity contribution is -0.160. The number of ether oxygens (including phenoxy) is 2. The van der Waals surface area contributed by atoms with Crippen LogP contribution in [0.1, 0.15) is 162 Å². The first-order valence-corrected chi connectivity index (χ1v) is 21.8. The number of carbonyl (C=O) groups excluding carboxylic acids is 2. The smallest absolute Gasteiger partial charge is 0.461 e. The summed E-state index contributed by atoms with van der Waals surface area (Å²) in [5.41, 5.74) is 0. The van der Waals surface area contributed by atoms with Crippen molar-refractivity contribution in [1.29, 1.82) is 0 Å². The fourth-order valence-electron chi connectivity index (χ4n) is 6.65. The highest BCUT2D eigenvalue weighted by atomic mass is 31.2. The molecule has 52 heavy (non-hydrogen) atoms. The van der Waals surface area contributed by atoms with Gasteiger partial charge in [0.05, 0.1) is 31.3 Å². The topological polar surface area (TPSA) is 180 Å². The number of phosphoric acid groups is 1. The van der Waals surface area contributed by atoms with Crippen LogP contribution in [-0.2, 0) is 28.2 Å². The van der Waals surface area contributed by atoms with Crippen molar-refractivity contribution in [2.75, 3.05) is 13.2 Å². The number of esters is 2. The second-order valence-corrected chi connectivity index (χ2v) is 16.3. The van der Waals surface area contributed by atoms with E-state index in [2.05, 4.69) is 25.3 Å². The molecule has 0 aromatic rings.